The van der Waals surface area contributed by atoms with Crippen LogP contribution in [0.1, 0.15) is 25.6 Å². The van der Waals surface area contributed by atoms with Crippen LogP contribution in [0.25, 0.3) is 10.7 Å². The average Bonchev–Trinajstić information content (AvgIpc) is 2.99. The van der Waals surface area contributed by atoms with Crippen LogP contribution >= 0.6 is 11.3 Å². The first-order valence-electron chi connectivity index (χ1n) is 6.58. The normalized spacial score (nSPS) is 13.8. The maximum atomic E-state index is 5.72. The van der Waals surface area contributed by atoms with E-state index in [-0.39, 0.29) is 0 Å². The Morgan fingerprint density at radius 3 is 3.05 bits per heavy atom. The van der Waals surface area contributed by atoms with Gasteiger partial charge in [-0.1, -0.05) is 13.3 Å². The molecular formula is C13H17N3O2S. The van der Waals surface area contributed by atoms with Crippen LogP contribution in [0, 0.1) is 6.92 Å². The maximum Gasteiger partial charge on any atom is 0.183 e. The van der Waals surface area contributed by atoms with Gasteiger partial charge in [0.2, 0.25) is 0 Å². The number of nitrogens with zero attached hydrogens (tertiary/aromatic N) is 3. The average molecular weight is 279 g/mol. The highest BCUT2D eigenvalue weighted by Gasteiger charge is 2.23. The van der Waals surface area contributed by atoms with Gasteiger partial charge < -0.3 is 9.47 Å². The highest BCUT2D eigenvalue weighted by molar-refractivity contribution is 7.14. The first-order chi connectivity index (χ1) is 9.29. The number of fused-ring (bicyclic) bond motifs is 1. The van der Waals surface area contributed by atoms with Crippen LogP contribution in [-0.4, -0.2) is 28.0 Å². The van der Waals surface area contributed by atoms with Crippen molar-refractivity contribution >= 4 is 11.3 Å². The Hall–Kier alpha value is -1.56. The summed E-state index contributed by atoms with van der Waals surface area (Å²) in [5.74, 6) is 3.34. The second-order valence-electron chi connectivity index (χ2n) is 4.51. The molecule has 0 aliphatic carbocycles. The Labute approximate surface area is 116 Å². The smallest absolute Gasteiger partial charge is 0.183 e. The minimum absolute atomic E-state index is 0.596. The molecule has 1 aliphatic rings. The van der Waals surface area contributed by atoms with Crippen LogP contribution in [0.15, 0.2) is 5.38 Å². The van der Waals surface area contributed by atoms with Crippen LogP contribution in [0.5, 0.6) is 11.5 Å². The summed E-state index contributed by atoms with van der Waals surface area (Å²) in [6.07, 6.45) is 2.24. The summed E-state index contributed by atoms with van der Waals surface area (Å²) in [5, 5.41) is 6.45. The largest absolute Gasteiger partial charge is 0.485 e. The number of rotatable bonds is 4. The van der Waals surface area contributed by atoms with Gasteiger partial charge in [-0.3, -0.25) is 0 Å². The molecule has 3 rings (SSSR count). The van der Waals surface area contributed by atoms with Crippen molar-refractivity contribution in [3.8, 4) is 22.2 Å². The van der Waals surface area contributed by atoms with E-state index >= 15 is 0 Å². The van der Waals surface area contributed by atoms with Crippen molar-refractivity contribution in [1.29, 1.82) is 0 Å². The molecule has 0 aromatic carbocycles. The van der Waals surface area contributed by atoms with Gasteiger partial charge in [-0.15, -0.1) is 11.3 Å². The predicted molar refractivity (Wildman–Crippen MR) is 74.0 cm³/mol. The van der Waals surface area contributed by atoms with Gasteiger partial charge in [0.1, 0.15) is 23.9 Å². The first kappa shape index (κ1) is 12.5. The fraction of sp³-hybridized carbons (Fsp3) is 0.538. The molecule has 1 aliphatic heterocycles. The van der Waals surface area contributed by atoms with E-state index in [0.29, 0.717) is 13.2 Å². The summed E-state index contributed by atoms with van der Waals surface area (Å²) < 4.78 is 13.3. The molecule has 2 aromatic heterocycles. The molecule has 0 fully saturated rings. The third-order valence-corrected chi connectivity index (χ3v) is 3.94. The number of aromatic nitrogens is 3. The van der Waals surface area contributed by atoms with Crippen LogP contribution in [0.4, 0.5) is 0 Å². The lowest BCUT2D eigenvalue weighted by Gasteiger charge is -2.15. The van der Waals surface area contributed by atoms with E-state index in [4.69, 9.17) is 9.47 Å². The van der Waals surface area contributed by atoms with E-state index in [1.54, 1.807) is 11.3 Å². The van der Waals surface area contributed by atoms with Crippen molar-refractivity contribution in [1.82, 2.24) is 14.8 Å². The van der Waals surface area contributed by atoms with Crippen molar-refractivity contribution < 1.29 is 9.47 Å². The number of aryl methyl sites for hydroxylation is 2. The zero-order valence-electron chi connectivity index (χ0n) is 11.2. The summed E-state index contributed by atoms with van der Waals surface area (Å²) in [6, 6.07) is 0. The van der Waals surface area contributed by atoms with Crippen LogP contribution in [0.3, 0.4) is 0 Å². The fourth-order valence-corrected chi connectivity index (χ4v) is 3.03. The van der Waals surface area contributed by atoms with Crippen LogP contribution < -0.4 is 9.47 Å². The van der Waals surface area contributed by atoms with E-state index in [9.17, 15) is 0 Å². The molecule has 0 bridgehead atoms. The van der Waals surface area contributed by atoms with E-state index < -0.39 is 0 Å². The zero-order chi connectivity index (χ0) is 13.2. The lowest BCUT2D eigenvalue weighted by atomic mass is 10.3. The molecule has 5 nitrogen and oxygen atoms in total. The summed E-state index contributed by atoms with van der Waals surface area (Å²) >= 11 is 1.61. The molecule has 6 heteroatoms. The van der Waals surface area contributed by atoms with Gasteiger partial charge in [-0.2, -0.15) is 5.10 Å². The fourth-order valence-electron chi connectivity index (χ4n) is 2.10. The highest BCUT2D eigenvalue weighted by Crippen LogP contribution is 2.44. The molecule has 0 spiro atoms. The molecule has 0 radical (unpaired) electrons. The Kier molecular flexibility index (Phi) is 3.42. The van der Waals surface area contributed by atoms with Crippen molar-refractivity contribution in [2.24, 2.45) is 0 Å². The van der Waals surface area contributed by atoms with Gasteiger partial charge in [0.25, 0.3) is 0 Å². The van der Waals surface area contributed by atoms with Crippen molar-refractivity contribution in [3.63, 3.8) is 0 Å². The Morgan fingerprint density at radius 1 is 1.37 bits per heavy atom. The highest BCUT2D eigenvalue weighted by atomic mass is 32.1. The Balaban J connectivity index is 1.99. The number of hydrogen-bond acceptors (Lipinski definition) is 5. The van der Waals surface area contributed by atoms with Crippen molar-refractivity contribution in [3.05, 3.63) is 11.2 Å². The molecule has 0 saturated heterocycles. The van der Waals surface area contributed by atoms with Crippen molar-refractivity contribution in [2.75, 3.05) is 13.2 Å². The third-order valence-electron chi connectivity index (χ3n) is 3.01. The summed E-state index contributed by atoms with van der Waals surface area (Å²) in [6.45, 7) is 6.19. The molecule has 0 unspecified atom stereocenters. The zero-order valence-corrected chi connectivity index (χ0v) is 12.0. The van der Waals surface area contributed by atoms with Gasteiger partial charge in [-0.05, 0) is 13.3 Å². The molecular weight excluding hydrogens is 262 g/mol. The van der Waals surface area contributed by atoms with E-state index in [1.165, 1.54) is 0 Å². The van der Waals surface area contributed by atoms with Gasteiger partial charge in [0, 0.05) is 11.9 Å². The summed E-state index contributed by atoms with van der Waals surface area (Å²) in [4.78, 5) is 5.56. The van der Waals surface area contributed by atoms with E-state index in [2.05, 4.69) is 17.0 Å². The second kappa shape index (κ2) is 5.21. The molecule has 0 amide bonds. The van der Waals surface area contributed by atoms with E-state index in [0.717, 1.165) is 47.4 Å². The Morgan fingerprint density at radius 2 is 2.21 bits per heavy atom. The van der Waals surface area contributed by atoms with Crippen LogP contribution in [-0.2, 0) is 6.54 Å². The predicted octanol–water partition coefficient (Wildman–Crippen LogP) is 2.89. The van der Waals surface area contributed by atoms with E-state index in [1.807, 2.05) is 17.0 Å². The molecule has 19 heavy (non-hydrogen) atoms. The minimum Gasteiger partial charge on any atom is -0.485 e. The topological polar surface area (TPSA) is 49.2 Å². The molecule has 102 valence electrons. The van der Waals surface area contributed by atoms with Gasteiger partial charge in [0.15, 0.2) is 17.3 Å². The van der Waals surface area contributed by atoms with Gasteiger partial charge in [-0.25, -0.2) is 9.67 Å². The van der Waals surface area contributed by atoms with Gasteiger partial charge in [0.05, 0.1) is 0 Å². The molecule has 2 aromatic rings. The molecule has 0 N–H and O–H groups in total. The van der Waals surface area contributed by atoms with Crippen LogP contribution in [0.2, 0.25) is 0 Å². The quantitative estimate of drug-likeness (QED) is 0.863. The molecule has 3 heterocycles. The number of hydrogen-bond donors (Lipinski definition) is 0. The maximum absolute atomic E-state index is 5.72. The number of unbranched alkanes of at least 4 members (excludes halogenated alkanes) is 1. The standard InChI is InChI=1S/C13H17N3O2S/c1-3-4-5-16-13(14-9(2)15-16)12-11-10(8-19-12)17-6-7-18-11/h8H,3-7H2,1-2H3. The summed E-state index contributed by atoms with van der Waals surface area (Å²) in [7, 11) is 0. The first-order valence-corrected chi connectivity index (χ1v) is 7.46. The SMILES string of the molecule is CCCCn1nc(C)nc1-c1scc2c1OCCO2. The number of thiophene rings is 1. The third kappa shape index (κ3) is 2.32. The molecule has 0 saturated carbocycles. The number of ether oxygens (including phenoxy) is 2. The lowest BCUT2D eigenvalue weighted by molar-refractivity contribution is 0.174. The Bertz CT molecular complexity index is 576. The lowest BCUT2D eigenvalue weighted by Crippen LogP contribution is -2.14. The summed E-state index contributed by atoms with van der Waals surface area (Å²) in [5.41, 5.74) is 0. The molecule has 0 atom stereocenters. The van der Waals surface area contributed by atoms with Crippen molar-refractivity contribution in [2.45, 2.75) is 33.2 Å². The monoisotopic (exact) mass is 279 g/mol. The minimum atomic E-state index is 0.596. The second-order valence-corrected chi connectivity index (χ2v) is 5.39. The van der Waals surface area contributed by atoms with Gasteiger partial charge >= 0.3 is 0 Å².